The maximum absolute atomic E-state index is 2.48. The summed E-state index contributed by atoms with van der Waals surface area (Å²) in [6.45, 7) is 4.80. The van der Waals surface area contributed by atoms with Crippen LogP contribution in [0.1, 0.15) is 25.0 Å². The summed E-state index contributed by atoms with van der Waals surface area (Å²) in [6, 6.07) is 96.1. The van der Waals surface area contributed by atoms with Crippen molar-refractivity contribution in [2.75, 3.05) is 14.7 Å². The molecule has 3 heteroatoms. The van der Waals surface area contributed by atoms with Gasteiger partial charge in [-0.25, -0.2) is 0 Å². The van der Waals surface area contributed by atoms with Crippen LogP contribution in [0.2, 0.25) is 0 Å². The largest absolute Gasteiger partial charge is 0.310 e. The predicted molar refractivity (Wildman–Crippen MR) is 305 cm³/mol. The molecular formula is C69H49N3. The Morgan fingerprint density at radius 3 is 1.43 bits per heavy atom. The van der Waals surface area contributed by atoms with E-state index in [1.165, 1.54) is 82.5 Å². The molecule has 1 heterocycles. The summed E-state index contributed by atoms with van der Waals surface area (Å²) in [5, 5.41) is 7.38. The standard InChI is InChI=1S/C69H49N3/c1-69(2)62-43-53(37-40-58(62)59-41-38-54(44-63(59)69)72(64-30-14-21-48-19-9-11-27-56(48)64)65-31-15-22-49-20-10-12-28-57(49)65)70(52-35-33-47(34-36-52)46-17-5-3-6-18-46)55-39-42-60-61-29-13-23-50-24-16-32-66(68(50)61)71(67(60)45-55)51-25-7-4-8-26-51/h3-45H,1-2H3. The van der Waals surface area contributed by atoms with Crippen molar-refractivity contribution >= 4 is 83.5 Å². The lowest BCUT2D eigenvalue weighted by Gasteiger charge is -2.35. The van der Waals surface area contributed by atoms with E-state index < -0.39 is 0 Å². The number of para-hydroxylation sites is 1. The number of hydrogen-bond acceptors (Lipinski definition) is 3. The lowest BCUT2D eigenvalue weighted by molar-refractivity contribution is 0.660. The molecule has 1 aliphatic heterocycles. The second-order valence-electron chi connectivity index (χ2n) is 19.7. The van der Waals surface area contributed by atoms with Gasteiger partial charge in [-0.3, -0.25) is 0 Å². The van der Waals surface area contributed by atoms with Crippen LogP contribution in [0.5, 0.6) is 0 Å². The molecule has 0 aromatic heterocycles. The zero-order valence-corrected chi connectivity index (χ0v) is 40.2. The summed E-state index contributed by atoms with van der Waals surface area (Å²) in [5.74, 6) is 0. The van der Waals surface area contributed by atoms with Crippen molar-refractivity contribution in [2.45, 2.75) is 19.3 Å². The third-order valence-electron chi connectivity index (χ3n) is 15.3. The molecule has 0 amide bonds. The molecule has 0 N–H and O–H groups in total. The Balaban J connectivity index is 0.926. The first kappa shape index (κ1) is 41.8. The molecule has 0 bridgehead atoms. The molecule has 0 unspecified atom stereocenters. The first-order valence-electron chi connectivity index (χ1n) is 25.0. The molecule has 3 nitrogen and oxygen atoms in total. The Morgan fingerprint density at radius 2 is 0.792 bits per heavy atom. The lowest BCUT2D eigenvalue weighted by Crippen LogP contribution is -2.18. The quantitative estimate of drug-likeness (QED) is 0.150. The number of nitrogens with zero attached hydrogens (tertiary/aromatic N) is 3. The average Bonchev–Trinajstić information content (AvgIpc) is 3.66. The fourth-order valence-corrected chi connectivity index (χ4v) is 11.9. The van der Waals surface area contributed by atoms with Crippen LogP contribution in [0.3, 0.4) is 0 Å². The van der Waals surface area contributed by atoms with Crippen LogP contribution in [-0.4, -0.2) is 0 Å². The van der Waals surface area contributed by atoms with Crippen LogP contribution in [-0.2, 0) is 5.41 Å². The highest BCUT2D eigenvalue weighted by Crippen LogP contribution is 2.55. The number of fused-ring (bicyclic) bond motifs is 7. The van der Waals surface area contributed by atoms with Crippen LogP contribution in [0.15, 0.2) is 261 Å². The van der Waals surface area contributed by atoms with Gasteiger partial charge in [0, 0.05) is 55.6 Å². The normalized spacial score (nSPS) is 12.9. The highest BCUT2D eigenvalue weighted by atomic mass is 15.2. The molecule has 0 radical (unpaired) electrons. The predicted octanol–water partition coefficient (Wildman–Crippen LogP) is 19.5. The first-order valence-corrected chi connectivity index (χ1v) is 25.0. The summed E-state index contributed by atoms with van der Waals surface area (Å²) in [6.07, 6.45) is 0. The summed E-state index contributed by atoms with van der Waals surface area (Å²) in [7, 11) is 0. The van der Waals surface area contributed by atoms with E-state index in [-0.39, 0.29) is 5.41 Å². The fourth-order valence-electron chi connectivity index (χ4n) is 11.9. The minimum atomic E-state index is -0.314. The molecule has 12 aromatic rings. The Bertz CT molecular complexity index is 3990. The van der Waals surface area contributed by atoms with Crippen molar-refractivity contribution in [1.29, 1.82) is 0 Å². The van der Waals surface area contributed by atoms with Crippen LogP contribution in [0.25, 0.3) is 65.7 Å². The topological polar surface area (TPSA) is 9.72 Å². The number of rotatable bonds is 8. The van der Waals surface area contributed by atoms with E-state index in [0.29, 0.717) is 0 Å². The summed E-state index contributed by atoms with van der Waals surface area (Å²) < 4.78 is 0. The van der Waals surface area contributed by atoms with Gasteiger partial charge in [-0.1, -0.05) is 196 Å². The minimum absolute atomic E-state index is 0.314. The van der Waals surface area contributed by atoms with Gasteiger partial charge >= 0.3 is 0 Å². The Labute approximate surface area is 420 Å². The van der Waals surface area contributed by atoms with Crippen molar-refractivity contribution < 1.29 is 0 Å². The van der Waals surface area contributed by atoms with Crippen molar-refractivity contribution in [3.8, 4) is 33.4 Å². The highest BCUT2D eigenvalue weighted by Gasteiger charge is 2.37. The molecule has 14 rings (SSSR count). The van der Waals surface area contributed by atoms with Crippen LogP contribution < -0.4 is 14.7 Å². The first-order chi connectivity index (χ1) is 35.5. The molecule has 0 saturated carbocycles. The van der Waals surface area contributed by atoms with Gasteiger partial charge in [0.05, 0.1) is 22.7 Å². The van der Waals surface area contributed by atoms with Gasteiger partial charge in [0.15, 0.2) is 0 Å². The van der Waals surface area contributed by atoms with E-state index in [2.05, 4.69) is 289 Å². The second kappa shape index (κ2) is 16.5. The van der Waals surface area contributed by atoms with Crippen molar-refractivity contribution in [3.05, 3.63) is 272 Å². The van der Waals surface area contributed by atoms with E-state index in [4.69, 9.17) is 0 Å². The third kappa shape index (κ3) is 6.58. The molecule has 0 saturated heterocycles. The third-order valence-corrected chi connectivity index (χ3v) is 15.3. The molecule has 340 valence electrons. The van der Waals surface area contributed by atoms with Crippen molar-refractivity contribution in [1.82, 2.24) is 0 Å². The smallest absolute Gasteiger partial charge is 0.0561 e. The molecule has 0 spiro atoms. The summed E-state index contributed by atoms with van der Waals surface area (Å²) in [4.78, 5) is 7.38. The van der Waals surface area contributed by atoms with Crippen LogP contribution in [0.4, 0.5) is 51.2 Å². The SMILES string of the molecule is CC1(C)c2cc(N(c3ccc(-c4ccccc4)cc3)c3ccc4c(c3)N(c3ccccc3)c3cccc5cccc-4c35)ccc2-c2ccc(N(c3cccc4ccccc34)c3cccc4ccccc34)cc21. The number of anilines is 9. The number of benzene rings is 12. The fraction of sp³-hybridized carbons (Fsp3) is 0.0435. The van der Waals surface area contributed by atoms with Gasteiger partial charge in [0.25, 0.3) is 0 Å². The molecule has 0 atom stereocenters. The van der Waals surface area contributed by atoms with Gasteiger partial charge in [-0.2, -0.15) is 0 Å². The van der Waals surface area contributed by atoms with Gasteiger partial charge in [0.2, 0.25) is 0 Å². The van der Waals surface area contributed by atoms with E-state index in [9.17, 15) is 0 Å². The Kier molecular flexibility index (Phi) is 9.56. The van der Waals surface area contributed by atoms with Gasteiger partial charge in [-0.15, -0.1) is 0 Å². The second-order valence-corrected chi connectivity index (χ2v) is 19.7. The van der Waals surface area contributed by atoms with E-state index in [1.54, 1.807) is 0 Å². The Hall–Kier alpha value is -9.18. The van der Waals surface area contributed by atoms with Crippen LogP contribution in [0, 0.1) is 0 Å². The minimum Gasteiger partial charge on any atom is -0.310 e. The molecule has 12 aromatic carbocycles. The van der Waals surface area contributed by atoms with Gasteiger partial charge in [0.1, 0.15) is 0 Å². The van der Waals surface area contributed by atoms with E-state index >= 15 is 0 Å². The molecule has 72 heavy (non-hydrogen) atoms. The van der Waals surface area contributed by atoms with Gasteiger partial charge < -0.3 is 14.7 Å². The maximum Gasteiger partial charge on any atom is 0.0561 e. The van der Waals surface area contributed by atoms with Crippen molar-refractivity contribution in [3.63, 3.8) is 0 Å². The zero-order valence-electron chi connectivity index (χ0n) is 40.2. The monoisotopic (exact) mass is 919 g/mol. The maximum atomic E-state index is 2.48. The highest BCUT2D eigenvalue weighted by molar-refractivity contribution is 6.14. The van der Waals surface area contributed by atoms with E-state index in [0.717, 1.165) is 45.5 Å². The van der Waals surface area contributed by atoms with E-state index in [1.807, 2.05) is 0 Å². The summed E-state index contributed by atoms with van der Waals surface area (Å²) in [5.41, 5.74) is 19.9. The molecular weight excluding hydrogens is 871 g/mol. The molecule has 1 aliphatic carbocycles. The van der Waals surface area contributed by atoms with Crippen LogP contribution >= 0.6 is 0 Å². The van der Waals surface area contributed by atoms with Crippen molar-refractivity contribution in [2.24, 2.45) is 0 Å². The zero-order chi connectivity index (χ0) is 47.9. The lowest BCUT2D eigenvalue weighted by atomic mass is 9.82. The molecule has 0 fully saturated rings. The summed E-state index contributed by atoms with van der Waals surface area (Å²) >= 11 is 0. The van der Waals surface area contributed by atoms with Gasteiger partial charge in [-0.05, 0) is 134 Å². The number of hydrogen-bond donors (Lipinski definition) is 0. The molecule has 2 aliphatic rings. The average molecular weight is 920 g/mol. The Morgan fingerprint density at radius 1 is 0.319 bits per heavy atom.